The van der Waals surface area contributed by atoms with Gasteiger partial charge < -0.3 is 5.32 Å². The highest BCUT2D eigenvalue weighted by Gasteiger charge is 2.19. The van der Waals surface area contributed by atoms with Crippen LogP contribution in [0.5, 0.6) is 0 Å². The van der Waals surface area contributed by atoms with E-state index in [1.165, 1.54) is 17.0 Å². The first kappa shape index (κ1) is 7.17. The van der Waals surface area contributed by atoms with Gasteiger partial charge in [0.05, 0.1) is 11.4 Å². The van der Waals surface area contributed by atoms with E-state index in [1.54, 1.807) is 0 Å². The van der Waals surface area contributed by atoms with E-state index < -0.39 is 0 Å². The molecule has 0 saturated carbocycles. The van der Waals surface area contributed by atoms with Gasteiger partial charge in [0.1, 0.15) is 0 Å². The van der Waals surface area contributed by atoms with Gasteiger partial charge in [0.2, 0.25) is 0 Å². The quantitative estimate of drug-likeness (QED) is 0.573. The minimum Gasteiger partial charge on any atom is -0.352 e. The van der Waals surface area contributed by atoms with E-state index in [0.717, 1.165) is 0 Å². The van der Waals surface area contributed by atoms with E-state index in [0.29, 0.717) is 0 Å². The molecule has 0 aromatic carbocycles. The van der Waals surface area contributed by atoms with E-state index in [4.69, 9.17) is 0 Å². The summed E-state index contributed by atoms with van der Waals surface area (Å²) in [6.45, 7) is 2.05. The fourth-order valence-electron chi connectivity index (χ4n) is 1.22. The summed E-state index contributed by atoms with van der Waals surface area (Å²) in [4.78, 5) is 0. The Morgan fingerprint density at radius 1 is 1.08 bits per heavy atom. The lowest BCUT2D eigenvalue weighted by atomic mass is 10.2. The second-order valence-corrected chi connectivity index (χ2v) is 2.76. The van der Waals surface area contributed by atoms with E-state index in [-0.39, 0.29) is 0 Å². The van der Waals surface area contributed by atoms with Crippen LogP contribution in [0.2, 0.25) is 0 Å². The molecule has 0 atom stereocenters. The fraction of sp³-hybridized carbons (Fsp3) is 0.0909. The Morgan fingerprint density at radius 3 is 2.58 bits per heavy atom. The lowest BCUT2D eigenvalue weighted by Crippen LogP contribution is -1.82. The molecule has 0 spiro atoms. The van der Waals surface area contributed by atoms with Gasteiger partial charge in [-0.05, 0) is 18.6 Å². The van der Waals surface area contributed by atoms with Crippen molar-refractivity contribution >= 4 is 0 Å². The van der Waals surface area contributed by atoms with Crippen molar-refractivity contribution in [2.75, 3.05) is 0 Å². The summed E-state index contributed by atoms with van der Waals surface area (Å²) in [6.07, 6.45) is 14.5. The molecule has 1 aliphatic carbocycles. The minimum atomic E-state index is 1.24. The number of hydrogen-bond acceptors (Lipinski definition) is 1. The van der Waals surface area contributed by atoms with Gasteiger partial charge in [-0.1, -0.05) is 36.5 Å². The van der Waals surface area contributed by atoms with Gasteiger partial charge in [-0.2, -0.15) is 0 Å². The van der Waals surface area contributed by atoms with Crippen LogP contribution in [0.3, 0.4) is 0 Å². The molecule has 1 aliphatic heterocycles. The normalized spacial score (nSPS) is 28.2. The van der Waals surface area contributed by atoms with Crippen LogP contribution in [0.1, 0.15) is 6.92 Å². The van der Waals surface area contributed by atoms with Crippen molar-refractivity contribution in [2.45, 2.75) is 6.92 Å². The smallest absolute Gasteiger partial charge is 0.0694 e. The lowest BCUT2D eigenvalue weighted by Gasteiger charge is -1.89. The fourth-order valence-corrected chi connectivity index (χ4v) is 1.22. The van der Waals surface area contributed by atoms with Crippen LogP contribution in [0.15, 0.2) is 59.5 Å². The predicted molar refractivity (Wildman–Crippen MR) is 51.3 cm³/mol. The Kier molecular flexibility index (Phi) is 1.71. The summed E-state index contributed by atoms with van der Waals surface area (Å²) in [7, 11) is 0. The summed E-state index contributed by atoms with van der Waals surface area (Å²) in [5.41, 5.74) is 3.76. The van der Waals surface area contributed by atoms with E-state index in [9.17, 15) is 0 Å². The molecule has 1 heterocycles. The molecule has 2 aliphatic rings. The molecule has 1 nitrogen and oxygen atoms in total. The van der Waals surface area contributed by atoms with Gasteiger partial charge in [-0.25, -0.2) is 0 Å². The Hall–Kier alpha value is -1.50. The summed E-state index contributed by atoms with van der Waals surface area (Å²) in [6, 6.07) is 0. The maximum Gasteiger partial charge on any atom is 0.0694 e. The van der Waals surface area contributed by atoms with Crippen LogP contribution in [0.4, 0.5) is 0 Å². The zero-order valence-electron chi connectivity index (χ0n) is 7.04. The molecular formula is C11H11N. The van der Waals surface area contributed by atoms with Gasteiger partial charge in [0.15, 0.2) is 0 Å². The van der Waals surface area contributed by atoms with Crippen molar-refractivity contribution < 1.29 is 0 Å². The van der Waals surface area contributed by atoms with Gasteiger partial charge in [0.25, 0.3) is 0 Å². The van der Waals surface area contributed by atoms with Gasteiger partial charge in [0, 0.05) is 0 Å². The van der Waals surface area contributed by atoms with Crippen LogP contribution in [0, 0.1) is 0 Å². The van der Waals surface area contributed by atoms with Crippen molar-refractivity contribution in [1.82, 2.24) is 5.32 Å². The molecule has 0 saturated heterocycles. The molecule has 0 unspecified atom stereocenters. The van der Waals surface area contributed by atoms with E-state index in [2.05, 4.69) is 36.5 Å². The average molecular weight is 157 g/mol. The summed E-state index contributed by atoms with van der Waals surface area (Å²) < 4.78 is 0. The zero-order chi connectivity index (χ0) is 8.39. The first-order chi connectivity index (χ1) is 5.92. The average Bonchev–Trinajstić information content (AvgIpc) is 2.82. The number of allylic oxidation sites excluding steroid dienone is 7. The standard InChI is InChI=1S/C11H11N/c1-2-9-7-5-3-4-6-8-10-11(9)12-10/h2-8,12H,1H3/b4-3-,7-5-,8-6?,9-2+. The monoisotopic (exact) mass is 157 g/mol. The van der Waals surface area contributed by atoms with Crippen LogP contribution in [-0.2, 0) is 0 Å². The van der Waals surface area contributed by atoms with Crippen molar-refractivity contribution in [2.24, 2.45) is 0 Å². The molecule has 12 heavy (non-hydrogen) atoms. The third kappa shape index (κ3) is 1.26. The first-order valence-electron chi connectivity index (χ1n) is 4.11. The topological polar surface area (TPSA) is 21.9 Å². The second kappa shape index (κ2) is 2.86. The SMILES string of the molecule is C\C=C1/C=C\C=C/C=CC2=C1N2. The highest BCUT2D eigenvalue weighted by molar-refractivity contribution is 5.56. The number of nitrogens with one attached hydrogen (secondary N) is 1. The maximum atomic E-state index is 3.23. The molecule has 0 aromatic rings. The third-order valence-corrected chi connectivity index (χ3v) is 1.94. The van der Waals surface area contributed by atoms with Crippen LogP contribution >= 0.6 is 0 Å². The third-order valence-electron chi connectivity index (χ3n) is 1.94. The number of rotatable bonds is 0. The Morgan fingerprint density at radius 2 is 1.83 bits per heavy atom. The molecule has 60 valence electrons. The van der Waals surface area contributed by atoms with Gasteiger partial charge >= 0.3 is 0 Å². The molecule has 1 heteroatoms. The Bertz CT molecular complexity index is 338. The molecule has 0 radical (unpaired) electrons. The van der Waals surface area contributed by atoms with Crippen molar-refractivity contribution in [1.29, 1.82) is 0 Å². The highest BCUT2D eigenvalue weighted by atomic mass is 15.0. The van der Waals surface area contributed by atoms with Crippen LogP contribution in [-0.4, -0.2) is 0 Å². The molecule has 0 bridgehead atoms. The van der Waals surface area contributed by atoms with Crippen molar-refractivity contribution in [3.05, 3.63) is 59.5 Å². The van der Waals surface area contributed by atoms with Gasteiger partial charge in [-0.3, -0.25) is 0 Å². The zero-order valence-corrected chi connectivity index (χ0v) is 7.04. The highest BCUT2D eigenvalue weighted by Crippen LogP contribution is 2.25. The van der Waals surface area contributed by atoms with Gasteiger partial charge in [-0.15, -0.1) is 0 Å². The molecule has 0 amide bonds. The predicted octanol–water partition coefficient (Wildman–Crippen LogP) is 2.43. The molecule has 0 aromatic heterocycles. The van der Waals surface area contributed by atoms with Crippen LogP contribution in [0.25, 0.3) is 0 Å². The minimum absolute atomic E-state index is 1.24. The van der Waals surface area contributed by atoms with Crippen molar-refractivity contribution in [3.8, 4) is 0 Å². The summed E-state index contributed by atoms with van der Waals surface area (Å²) >= 11 is 0. The summed E-state index contributed by atoms with van der Waals surface area (Å²) in [5, 5.41) is 3.23. The molecule has 1 N–H and O–H groups in total. The lowest BCUT2D eigenvalue weighted by molar-refractivity contribution is 1.29. The van der Waals surface area contributed by atoms with Crippen LogP contribution < -0.4 is 5.32 Å². The maximum absolute atomic E-state index is 3.23. The number of hydrogen-bond donors (Lipinski definition) is 1. The molecule has 0 fully saturated rings. The Labute approximate surface area is 72.5 Å². The van der Waals surface area contributed by atoms with Crippen molar-refractivity contribution in [3.63, 3.8) is 0 Å². The van der Waals surface area contributed by atoms with E-state index in [1.807, 2.05) is 18.2 Å². The second-order valence-electron chi connectivity index (χ2n) is 2.76. The Balaban J connectivity index is 2.37. The first-order valence-corrected chi connectivity index (χ1v) is 4.11. The molecular weight excluding hydrogens is 146 g/mol. The molecule has 2 rings (SSSR count). The van der Waals surface area contributed by atoms with E-state index >= 15 is 0 Å². The largest absolute Gasteiger partial charge is 0.352 e. The summed E-state index contributed by atoms with van der Waals surface area (Å²) in [5.74, 6) is 0.